The van der Waals surface area contributed by atoms with Crippen LogP contribution in [0.4, 0.5) is 0 Å². The van der Waals surface area contributed by atoms with Crippen LogP contribution in [0, 0.1) is 0 Å². The molecule has 0 saturated carbocycles. The van der Waals surface area contributed by atoms with Crippen molar-refractivity contribution < 1.29 is 5.11 Å². The molecule has 2 N–H and O–H groups in total. The normalized spacial score (nSPS) is 10.7. The first-order chi connectivity index (χ1) is 8.18. The molecule has 0 unspecified atom stereocenters. The van der Waals surface area contributed by atoms with Crippen LogP contribution in [0.15, 0.2) is 24.5 Å². The van der Waals surface area contributed by atoms with E-state index in [1.165, 1.54) is 0 Å². The Morgan fingerprint density at radius 3 is 2.94 bits per heavy atom. The maximum atomic E-state index is 9.70. The lowest BCUT2D eigenvalue weighted by Gasteiger charge is -2.07. The number of benzene rings is 1. The van der Waals surface area contributed by atoms with E-state index in [0.29, 0.717) is 18.1 Å². The molecule has 90 valence electrons. The van der Waals surface area contributed by atoms with Gasteiger partial charge in [0.1, 0.15) is 17.9 Å². The molecule has 0 bridgehead atoms. The molecule has 0 amide bonds. The molecule has 0 aliphatic heterocycles. The Bertz CT molecular complexity index is 512. The zero-order chi connectivity index (χ0) is 12.3. The Labute approximate surface area is 104 Å². The van der Waals surface area contributed by atoms with Crippen LogP contribution >= 0.6 is 11.6 Å². The number of aromatic hydroxyl groups is 1. The van der Waals surface area contributed by atoms with Gasteiger partial charge in [-0.05, 0) is 6.07 Å². The van der Waals surface area contributed by atoms with Crippen molar-refractivity contribution >= 4 is 11.6 Å². The predicted octanol–water partition coefficient (Wildman–Crippen LogP) is 1.46. The number of rotatable bonds is 4. The maximum Gasteiger partial charge on any atom is 0.146 e. The highest BCUT2D eigenvalue weighted by Crippen LogP contribution is 2.26. The summed E-state index contributed by atoms with van der Waals surface area (Å²) in [6, 6.07) is 5.29. The molecule has 6 heteroatoms. The third-order valence-corrected chi connectivity index (χ3v) is 2.78. The Hall–Kier alpha value is -1.59. The zero-order valence-electron chi connectivity index (χ0n) is 9.39. The minimum atomic E-state index is 0.125. The van der Waals surface area contributed by atoms with E-state index in [0.717, 1.165) is 11.4 Å². The van der Waals surface area contributed by atoms with Crippen molar-refractivity contribution in [2.45, 2.75) is 13.1 Å². The summed E-state index contributed by atoms with van der Waals surface area (Å²) in [5, 5.41) is 21.0. The van der Waals surface area contributed by atoms with Crippen molar-refractivity contribution in [3.63, 3.8) is 0 Å². The van der Waals surface area contributed by atoms with Crippen molar-refractivity contribution in [2.24, 2.45) is 7.05 Å². The van der Waals surface area contributed by atoms with Crippen LogP contribution < -0.4 is 5.32 Å². The average Bonchev–Trinajstić information content (AvgIpc) is 2.71. The minimum absolute atomic E-state index is 0.125. The fourth-order valence-electron chi connectivity index (χ4n) is 1.48. The van der Waals surface area contributed by atoms with Gasteiger partial charge in [-0.2, -0.15) is 0 Å². The van der Waals surface area contributed by atoms with Crippen LogP contribution in [0.25, 0.3) is 0 Å². The van der Waals surface area contributed by atoms with Gasteiger partial charge in [-0.15, -0.1) is 10.2 Å². The molecule has 0 aliphatic carbocycles. The molecular weight excluding hydrogens is 240 g/mol. The first-order valence-electron chi connectivity index (χ1n) is 5.18. The lowest BCUT2D eigenvalue weighted by molar-refractivity contribution is 0.464. The highest BCUT2D eigenvalue weighted by atomic mass is 35.5. The van der Waals surface area contributed by atoms with Crippen molar-refractivity contribution in [2.75, 3.05) is 0 Å². The smallest absolute Gasteiger partial charge is 0.146 e. The summed E-state index contributed by atoms with van der Waals surface area (Å²) in [7, 11) is 1.88. The molecule has 1 aromatic heterocycles. The van der Waals surface area contributed by atoms with Gasteiger partial charge in [0, 0.05) is 19.2 Å². The van der Waals surface area contributed by atoms with Crippen LogP contribution in [-0.4, -0.2) is 19.9 Å². The number of nitrogens with zero attached hydrogens (tertiary/aromatic N) is 3. The second-order valence-electron chi connectivity index (χ2n) is 3.71. The molecule has 0 saturated heterocycles. The minimum Gasteiger partial charge on any atom is -0.506 e. The highest BCUT2D eigenvalue weighted by Gasteiger charge is 2.05. The van der Waals surface area contributed by atoms with Gasteiger partial charge in [-0.1, -0.05) is 23.7 Å². The Kier molecular flexibility index (Phi) is 3.61. The Morgan fingerprint density at radius 1 is 1.41 bits per heavy atom. The quantitative estimate of drug-likeness (QED) is 0.865. The standard InChI is InChI=1S/C11H13ClN4O/c1-16-7-14-15-10(16)6-13-5-8-3-2-4-9(12)11(8)17/h2-4,7,13,17H,5-6H2,1H3. The number of halogens is 1. The van der Waals surface area contributed by atoms with Crippen LogP contribution in [0.2, 0.25) is 5.02 Å². The number of aromatic nitrogens is 3. The summed E-state index contributed by atoms with van der Waals surface area (Å²) >= 11 is 5.81. The van der Waals surface area contributed by atoms with E-state index in [9.17, 15) is 5.11 Å². The molecule has 1 heterocycles. The molecule has 5 nitrogen and oxygen atoms in total. The van der Waals surface area contributed by atoms with E-state index in [1.807, 2.05) is 17.7 Å². The molecule has 0 spiro atoms. The highest BCUT2D eigenvalue weighted by molar-refractivity contribution is 6.32. The van der Waals surface area contributed by atoms with Crippen molar-refractivity contribution in [3.05, 3.63) is 40.9 Å². The third kappa shape index (κ3) is 2.75. The van der Waals surface area contributed by atoms with E-state index >= 15 is 0 Å². The number of hydrogen-bond acceptors (Lipinski definition) is 4. The predicted molar refractivity (Wildman–Crippen MR) is 64.7 cm³/mol. The van der Waals surface area contributed by atoms with Crippen LogP contribution in [0.1, 0.15) is 11.4 Å². The summed E-state index contributed by atoms with van der Waals surface area (Å²) in [6.07, 6.45) is 1.65. The average molecular weight is 253 g/mol. The van der Waals surface area contributed by atoms with Crippen LogP contribution in [0.5, 0.6) is 5.75 Å². The van der Waals surface area contributed by atoms with E-state index in [1.54, 1.807) is 18.5 Å². The van der Waals surface area contributed by atoms with E-state index < -0.39 is 0 Å². The van der Waals surface area contributed by atoms with E-state index in [-0.39, 0.29) is 5.75 Å². The summed E-state index contributed by atoms with van der Waals surface area (Å²) in [5.41, 5.74) is 0.764. The third-order valence-electron chi connectivity index (χ3n) is 2.47. The van der Waals surface area contributed by atoms with Gasteiger partial charge < -0.3 is 15.0 Å². The Morgan fingerprint density at radius 2 is 2.24 bits per heavy atom. The molecule has 2 aromatic rings. The zero-order valence-corrected chi connectivity index (χ0v) is 10.1. The number of hydrogen-bond donors (Lipinski definition) is 2. The number of aryl methyl sites for hydroxylation is 1. The first-order valence-corrected chi connectivity index (χ1v) is 5.56. The van der Waals surface area contributed by atoms with Gasteiger partial charge >= 0.3 is 0 Å². The number of phenols is 1. The number of phenolic OH excluding ortho intramolecular Hbond substituents is 1. The second kappa shape index (κ2) is 5.16. The van der Waals surface area contributed by atoms with Crippen LogP contribution in [0.3, 0.4) is 0 Å². The van der Waals surface area contributed by atoms with Crippen molar-refractivity contribution in [3.8, 4) is 5.75 Å². The molecule has 17 heavy (non-hydrogen) atoms. The van der Waals surface area contributed by atoms with Crippen molar-refractivity contribution in [1.29, 1.82) is 0 Å². The molecule has 2 rings (SSSR count). The fourth-order valence-corrected chi connectivity index (χ4v) is 1.67. The fraction of sp³-hybridized carbons (Fsp3) is 0.273. The lowest BCUT2D eigenvalue weighted by atomic mass is 10.2. The SMILES string of the molecule is Cn1cnnc1CNCc1cccc(Cl)c1O. The van der Waals surface area contributed by atoms with Crippen molar-refractivity contribution in [1.82, 2.24) is 20.1 Å². The molecule has 0 aliphatic rings. The molecule has 1 aromatic carbocycles. The molecular formula is C11H13ClN4O. The Balaban J connectivity index is 1.95. The molecule has 0 radical (unpaired) electrons. The van der Waals surface area contributed by atoms with E-state index in [2.05, 4.69) is 15.5 Å². The number of nitrogens with one attached hydrogen (secondary N) is 1. The van der Waals surface area contributed by atoms with Gasteiger partial charge in [0.05, 0.1) is 11.6 Å². The topological polar surface area (TPSA) is 63.0 Å². The van der Waals surface area contributed by atoms with Gasteiger partial charge in [-0.25, -0.2) is 0 Å². The molecule has 0 atom stereocenters. The second-order valence-corrected chi connectivity index (χ2v) is 4.12. The van der Waals surface area contributed by atoms with Gasteiger partial charge in [-0.3, -0.25) is 0 Å². The largest absolute Gasteiger partial charge is 0.506 e. The van der Waals surface area contributed by atoms with Gasteiger partial charge in [0.15, 0.2) is 0 Å². The molecule has 0 fully saturated rings. The van der Waals surface area contributed by atoms with E-state index in [4.69, 9.17) is 11.6 Å². The first kappa shape index (κ1) is 11.9. The number of para-hydroxylation sites is 1. The van der Waals surface area contributed by atoms with Crippen LogP contribution in [-0.2, 0) is 20.1 Å². The summed E-state index contributed by atoms with van der Waals surface area (Å²) < 4.78 is 1.84. The monoisotopic (exact) mass is 252 g/mol. The maximum absolute atomic E-state index is 9.70. The summed E-state index contributed by atoms with van der Waals surface area (Å²) in [6.45, 7) is 1.11. The van der Waals surface area contributed by atoms with Gasteiger partial charge in [0.2, 0.25) is 0 Å². The lowest BCUT2D eigenvalue weighted by Crippen LogP contribution is -2.15. The van der Waals surface area contributed by atoms with Gasteiger partial charge in [0.25, 0.3) is 0 Å². The summed E-state index contributed by atoms with van der Waals surface area (Å²) in [5.74, 6) is 0.964. The summed E-state index contributed by atoms with van der Waals surface area (Å²) in [4.78, 5) is 0.